The van der Waals surface area contributed by atoms with Gasteiger partial charge in [-0.3, -0.25) is 4.79 Å². The van der Waals surface area contributed by atoms with Crippen molar-refractivity contribution in [2.45, 2.75) is 65.7 Å². The van der Waals surface area contributed by atoms with E-state index in [0.717, 1.165) is 11.1 Å². The number of benzene rings is 1. The maximum atomic E-state index is 13.1. The van der Waals surface area contributed by atoms with Crippen LogP contribution in [-0.4, -0.2) is 57.9 Å². The summed E-state index contributed by atoms with van der Waals surface area (Å²) in [5.41, 5.74) is 1.71. The summed E-state index contributed by atoms with van der Waals surface area (Å²) >= 11 is 0. The molecule has 0 bridgehead atoms. The third kappa shape index (κ3) is 7.31. The molecule has 12 heteroatoms. The number of anilines is 2. The molecule has 1 aliphatic heterocycles. The highest BCUT2D eigenvalue weighted by molar-refractivity contribution is 6.08. The number of pyridine rings is 1. The molecule has 1 aromatic carbocycles. The van der Waals surface area contributed by atoms with E-state index in [-0.39, 0.29) is 11.9 Å². The van der Waals surface area contributed by atoms with E-state index in [4.69, 9.17) is 14.2 Å². The van der Waals surface area contributed by atoms with Crippen LogP contribution in [0.25, 0.3) is 11.3 Å². The largest absolute Gasteiger partial charge is 0.489 e. The average Bonchev–Trinajstić information content (AvgIpc) is 3.40. The smallest absolute Gasteiger partial charge is 0.427 e. The molecule has 42 heavy (non-hydrogen) atoms. The van der Waals surface area contributed by atoms with Crippen molar-refractivity contribution in [3.8, 4) is 17.0 Å². The minimum absolute atomic E-state index is 0.162. The van der Waals surface area contributed by atoms with E-state index >= 15 is 0 Å². The Morgan fingerprint density at radius 2 is 1.69 bits per heavy atom. The first-order chi connectivity index (χ1) is 19.8. The summed E-state index contributed by atoms with van der Waals surface area (Å²) < 4.78 is 16.8. The molecule has 3 amide bonds. The second-order valence-electron chi connectivity index (χ2n) is 11.6. The molecule has 0 saturated carbocycles. The van der Waals surface area contributed by atoms with Crippen LogP contribution in [0.2, 0.25) is 0 Å². The van der Waals surface area contributed by atoms with Crippen molar-refractivity contribution in [2.24, 2.45) is 0 Å². The first-order valence-corrected chi connectivity index (χ1v) is 13.5. The number of carbonyl (C=O) groups is 3. The summed E-state index contributed by atoms with van der Waals surface area (Å²) in [5.74, 6) is 0.785. The Balaban J connectivity index is 1.64. The number of aromatic nitrogens is 3. The van der Waals surface area contributed by atoms with Gasteiger partial charge in [0.2, 0.25) is 5.95 Å². The zero-order valence-corrected chi connectivity index (χ0v) is 24.9. The van der Waals surface area contributed by atoms with Crippen LogP contribution in [0.15, 0.2) is 42.7 Å². The van der Waals surface area contributed by atoms with E-state index in [0.29, 0.717) is 52.9 Å². The van der Waals surface area contributed by atoms with Gasteiger partial charge in [0, 0.05) is 49.1 Å². The van der Waals surface area contributed by atoms with Crippen LogP contribution in [-0.2, 0) is 22.4 Å². The van der Waals surface area contributed by atoms with Crippen molar-refractivity contribution < 1.29 is 28.6 Å². The van der Waals surface area contributed by atoms with E-state index < -0.39 is 23.4 Å². The van der Waals surface area contributed by atoms with E-state index in [1.807, 2.05) is 18.2 Å². The third-order valence-corrected chi connectivity index (χ3v) is 5.88. The fourth-order valence-corrected chi connectivity index (χ4v) is 4.15. The van der Waals surface area contributed by atoms with Crippen LogP contribution in [0, 0.1) is 0 Å². The number of fused-ring (bicyclic) bond motifs is 1. The number of hydrogen-bond donors (Lipinski definition) is 2. The lowest BCUT2D eigenvalue weighted by Crippen LogP contribution is -2.44. The molecule has 0 aliphatic carbocycles. The number of amides is 3. The second-order valence-corrected chi connectivity index (χ2v) is 11.6. The minimum Gasteiger partial charge on any atom is -0.489 e. The Morgan fingerprint density at radius 1 is 1.00 bits per heavy atom. The molecule has 2 N–H and O–H groups in total. The van der Waals surface area contributed by atoms with Crippen molar-refractivity contribution in [3.63, 3.8) is 0 Å². The molecule has 222 valence electrons. The topological polar surface area (TPSA) is 145 Å². The van der Waals surface area contributed by atoms with Gasteiger partial charge in [0.15, 0.2) is 11.6 Å². The van der Waals surface area contributed by atoms with Gasteiger partial charge in [0.25, 0.3) is 5.91 Å². The summed E-state index contributed by atoms with van der Waals surface area (Å²) in [6.45, 7) is 11.0. The van der Waals surface area contributed by atoms with Crippen molar-refractivity contribution >= 4 is 29.9 Å². The Hall–Kier alpha value is -4.74. The normalized spacial score (nSPS) is 12.5. The van der Waals surface area contributed by atoms with Gasteiger partial charge in [-0.2, -0.15) is 0 Å². The van der Waals surface area contributed by atoms with Crippen LogP contribution in [0.3, 0.4) is 0 Å². The molecule has 4 rings (SSSR count). The predicted octanol–water partition coefficient (Wildman–Crippen LogP) is 5.12. The first kappa shape index (κ1) is 30.2. The molecule has 0 unspecified atom stereocenters. The third-order valence-electron chi connectivity index (χ3n) is 5.88. The lowest BCUT2D eigenvalue weighted by atomic mass is 10.0. The molecule has 3 heterocycles. The van der Waals surface area contributed by atoms with Gasteiger partial charge in [-0.15, -0.1) is 4.90 Å². The van der Waals surface area contributed by atoms with E-state index in [1.54, 1.807) is 66.9 Å². The van der Waals surface area contributed by atoms with Gasteiger partial charge in [-0.1, -0.05) is 12.1 Å². The molecule has 0 saturated heterocycles. The number of ether oxygens (including phenoxy) is 3. The summed E-state index contributed by atoms with van der Waals surface area (Å²) in [6, 6.07) is 8.96. The number of nitrogens with one attached hydrogen (secondary N) is 2. The van der Waals surface area contributed by atoms with Crippen molar-refractivity contribution in [1.82, 2.24) is 20.3 Å². The fraction of sp³-hybridized carbons (Fsp3) is 0.400. The standard InChI is InChI=1S/C30H36N6O6/c1-29(2,3)41-27(38)36(28(39)42-30(4,5)6)26-32-13-11-22(35-26)21-17-34-24(23-20(21)12-14-40-23)33-16-18-9-8-10-19(15-18)25(37)31-7/h8-11,13,15,17H,12,14,16H2,1-7H3,(H,31,37)(H,33,34). The summed E-state index contributed by atoms with van der Waals surface area (Å²) in [6.07, 6.45) is 1.80. The Morgan fingerprint density at radius 3 is 2.33 bits per heavy atom. The van der Waals surface area contributed by atoms with Crippen molar-refractivity contribution in [3.05, 3.63) is 59.4 Å². The van der Waals surface area contributed by atoms with Crippen molar-refractivity contribution in [2.75, 3.05) is 23.9 Å². The minimum atomic E-state index is -0.958. The number of hydrogen-bond acceptors (Lipinski definition) is 10. The number of imide groups is 1. The lowest BCUT2D eigenvalue weighted by Gasteiger charge is -2.27. The van der Waals surface area contributed by atoms with Gasteiger partial charge in [0.05, 0.1) is 12.3 Å². The maximum absolute atomic E-state index is 13.1. The van der Waals surface area contributed by atoms with Crippen LogP contribution >= 0.6 is 0 Å². The molecular weight excluding hydrogens is 540 g/mol. The fourth-order valence-electron chi connectivity index (χ4n) is 4.15. The molecule has 0 radical (unpaired) electrons. The predicted molar refractivity (Wildman–Crippen MR) is 157 cm³/mol. The van der Waals surface area contributed by atoms with Crippen LogP contribution in [0.1, 0.15) is 63.0 Å². The summed E-state index contributed by atoms with van der Waals surface area (Å²) in [4.78, 5) is 52.2. The molecule has 12 nitrogen and oxygen atoms in total. The summed E-state index contributed by atoms with van der Waals surface area (Å²) in [5, 5.41) is 5.92. The number of carbonyl (C=O) groups excluding carboxylic acids is 3. The summed E-state index contributed by atoms with van der Waals surface area (Å²) in [7, 11) is 1.59. The zero-order valence-electron chi connectivity index (χ0n) is 24.9. The molecule has 3 aromatic rings. The number of rotatable bonds is 6. The van der Waals surface area contributed by atoms with Gasteiger partial charge in [-0.25, -0.2) is 24.5 Å². The van der Waals surface area contributed by atoms with E-state index in [2.05, 4.69) is 25.6 Å². The zero-order chi connectivity index (χ0) is 30.7. The van der Waals surface area contributed by atoms with Gasteiger partial charge < -0.3 is 24.8 Å². The van der Waals surface area contributed by atoms with Crippen LogP contribution < -0.4 is 20.3 Å². The Bertz CT molecular complexity index is 1470. The van der Waals surface area contributed by atoms with Crippen LogP contribution in [0.4, 0.5) is 21.4 Å². The van der Waals surface area contributed by atoms with E-state index in [1.165, 1.54) is 6.20 Å². The highest BCUT2D eigenvalue weighted by atomic mass is 16.6. The highest BCUT2D eigenvalue weighted by Gasteiger charge is 2.35. The number of nitrogens with zero attached hydrogens (tertiary/aromatic N) is 4. The van der Waals surface area contributed by atoms with Gasteiger partial charge in [-0.05, 0) is 65.3 Å². The quantitative estimate of drug-likeness (QED) is 0.405. The maximum Gasteiger partial charge on any atom is 0.427 e. The van der Waals surface area contributed by atoms with Gasteiger partial charge in [0.1, 0.15) is 11.2 Å². The molecule has 0 fully saturated rings. The SMILES string of the molecule is CNC(=O)c1cccc(CNc2ncc(-c3ccnc(N(C(=O)OC(C)(C)C)C(=O)OC(C)(C)C)n3)c3c2OCC3)c1. The molecule has 0 spiro atoms. The second kappa shape index (κ2) is 12.0. The molecule has 1 aliphatic rings. The van der Waals surface area contributed by atoms with Gasteiger partial charge >= 0.3 is 12.2 Å². The molecule has 0 atom stereocenters. The average molecular weight is 577 g/mol. The Labute approximate surface area is 244 Å². The first-order valence-electron chi connectivity index (χ1n) is 13.5. The molecular formula is C30H36N6O6. The molecule has 2 aromatic heterocycles. The lowest BCUT2D eigenvalue weighted by molar-refractivity contribution is 0.0427. The van der Waals surface area contributed by atoms with E-state index in [9.17, 15) is 14.4 Å². The van der Waals surface area contributed by atoms with Crippen molar-refractivity contribution in [1.29, 1.82) is 0 Å². The highest BCUT2D eigenvalue weighted by Crippen LogP contribution is 2.39. The monoisotopic (exact) mass is 576 g/mol. The Kier molecular flexibility index (Phi) is 8.64. The van der Waals surface area contributed by atoms with Crippen LogP contribution in [0.5, 0.6) is 5.75 Å².